The third-order valence-corrected chi connectivity index (χ3v) is 5.78. The second-order valence-corrected chi connectivity index (χ2v) is 7.82. The molecule has 0 saturated carbocycles. The number of carbonyl (C=O) groups excluding carboxylic acids is 2. The van der Waals surface area contributed by atoms with Crippen LogP contribution in [0.1, 0.15) is 24.0 Å². The maximum Gasteiger partial charge on any atom is 0.416 e. The Bertz CT molecular complexity index is 987. The predicted molar refractivity (Wildman–Crippen MR) is 102 cm³/mol. The number of nitrogens with one attached hydrogen (secondary N) is 1. The summed E-state index contributed by atoms with van der Waals surface area (Å²) in [5.41, 5.74) is -0.486. The Kier molecular flexibility index (Phi) is 5.09. The number of benzene rings is 1. The van der Waals surface area contributed by atoms with Gasteiger partial charge in [0.15, 0.2) is 0 Å². The molecule has 0 atom stereocenters. The van der Waals surface area contributed by atoms with E-state index in [4.69, 9.17) is 16.3 Å². The highest BCUT2D eigenvalue weighted by Gasteiger charge is 2.45. The number of pyridine rings is 1. The van der Waals surface area contributed by atoms with Gasteiger partial charge in [0, 0.05) is 30.3 Å². The molecule has 0 bridgehead atoms. The average Bonchev–Trinajstić information content (AvgIpc) is 3.07. The maximum atomic E-state index is 12.9. The summed E-state index contributed by atoms with van der Waals surface area (Å²) in [7, 11) is 0. The third kappa shape index (κ3) is 3.81. The zero-order valence-electron chi connectivity index (χ0n) is 15.6. The van der Waals surface area contributed by atoms with E-state index in [0.717, 1.165) is 17.7 Å². The van der Waals surface area contributed by atoms with E-state index in [2.05, 4.69) is 10.3 Å². The van der Waals surface area contributed by atoms with Gasteiger partial charge in [0.1, 0.15) is 11.6 Å². The number of ether oxygens (including phenoxy) is 1. The second-order valence-electron chi connectivity index (χ2n) is 7.39. The van der Waals surface area contributed by atoms with Gasteiger partial charge in [0.05, 0.1) is 17.2 Å². The van der Waals surface area contributed by atoms with E-state index >= 15 is 0 Å². The number of amides is 2. The molecule has 4 rings (SSSR count). The molecule has 2 aromatic rings. The molecular formula is C20H17ClF3N3O3. The molecule has 2 aliphatic heterocycles. The van der Waals surface area contributed by atoms with Crippen LogP contribution < -0.4 is 10.1 Å². The summed E-state index contributed by atoms with van der Waals surface area (Å²) in [5, 5.41) is 2.84. The summed E-state index contributed by atoms with van der Waals surface area (Å²) in [6, 6.07) is 6.57. The van der Waals surface area contributed by atoms with Gasteiger partial charge < -0.3 is 15.0 Å². The van der Waals surface area contributed by atoms with Crippen LogP contribution in [0.4, 0.5) is 19.0 Å². The van der Waals surface area contributed by atoms with Gasteiger partial charge in [-0.3, -0.25) is 9.59 Å². The zero-order valence-corrected chi connectivity index (χ0v) is 16.4. The van der Waals surface area contributed by atoms with E-state index in [9.17, 15) is 22.8 Å². The molecule has 1 N–H and O–H groups in total. The number of likely N-dealkylation sites (tertiary alicyclic amines) is 1. The Morgan fingerprint density at radius 3 is 2.53 bits per heavy atom. The lowest BCUT2D eigenvalue weighted by molar-refractivity contribution is -0.144. The molecule has 3 heterocycles. The predicted octanol–water partition coefficient (Wildman–Crippen LogP) is 3.65. The van der Waals surface area contributed by atoms with Crippen molar-refractivity contribution < 1.29 is 27.5 Å². The Balaban J connectivity index is 1.41. The van der Waals surface area contributed by atoms with Crippen molar-refractivity contribution in [3.8, 4) is 5.75 Å². The van der Waals surface area contributed by atoms with Crippen LogP contribution in [0.2, 0.25) is 5.02 Å². The summed E-state index contributed by atoms with van der Waals surface area (Å²) in [6.07, 6.45) is -2.10. The molecule has 2 aliphatic rings. The molecule has 0 aliphatic carbocycles. The van der Waals surface area contributed by atoms with Crippen molar-refractivity contribution >= 4 is 29.2 Å². The third-order valence-electron chi connectivity index (χ3n) is 5.56. The fourth-order valence-corrected chi connectivity index (χ4v) is 3.98. The van der Waals surface area contributed by atoms with E-state index in [1.807, 2.05) is 0 Å². The minimum absolute atomic E-state index is 0.213. The van der Waals surface area contributed by atoms with Gasteiger partial charge in [0.25, 0.3) is 0 Å². The van der Waals surface area contributed by atoms with E-state index < -0.39 is 29.0 Å². The van der Waals surface area contributed by atoms with Crippen molar-refractivity contribution in [2.75, 3.05) is 25.0 Å². The summed E-state index contributed by atoms with van der Waals surface area (Å²) < 4.78 is 44.4. The number of hydrogen-bond donors (Lipinski definition) is 1. The number of piperidine rings is 1. The topological polar surface area (TPSA) is 71.5 Å². The van der Waals surface area contributed by atoms with Crippen LogP contribution in [0.5, 0.6) is 5.75 Å². The fourth-order valence-electron chi connectivity index (χ4n) is 3.86. The number of carbonyl (C=O) groups is 2. The van der Waals surface area contributed by atoms with Crippen LogP contribution in [0.25, 0.3) is 0 Å². The highest BCUT2D eigenvalue weighted by molar-refractivity contribution is 6.39. The van der Waals surface area contributed by atoms with Crippen LogP contribution in [0.3, 0.4) is 0 Å². The lowest BCUT2D eigenvalue weighted by atomic mass is 9.74. The van der Waals surface area contributed by atoms with Crippen molar-refractivity contribution in [3.05, 3.63) is 52.7 Å². The largest absolute Gasteiger partial charge is 0.492 e. The molecule has 1 aromatic heterocycles. The monoisotopic (exact) mass is 439 g/mol. The van der Waals surface area contributed by atoms with Crippen molar-refractivity contribution in [1.29, 1.82) is 0 Å². The normalized spacial score (nSPS) is 17.4. The SMILES string of the molecule is O=C(Nc1ccc(Cl)cn1)C(=O)N1CCC2(CC1)COc1cc(C(F)(F)F)ccc12. The average molecular weight is 440 g/mol. The van der Waals surface area contributed by atoms with Gasteiger partial charge in [-0.2, -0.15) is 13.2 Å². The fraction of sp³-hybridized carbons (Fsp3) is 0.350. The smallest absolute Gasteiger partial charge is 0.416 e. The minimum atomic E-state index is -4.43. The second kappa shape index (κ2) is 7.46. The number of fused-ring (bicyclic) bond motifs is 2. The van der Waals surface area contributed by atoms with Crippen molar-refractivity contribution in [3.63, 3.8) is 0 Å². The molecule has 6 nitrogen and oxygen atoms in total. The van der Waals surface area contributed by atoms with Crippen LogP contribution in [0.15, 0.2) is 36.5 Å². The molecule has 1 fully saturated rings. The summed E-state index contributed by atoms with van der Waals surface area (Å²) in [6.45, 7) is 0.848. The van der Waals surface area contributed by atoms with Crippen LogP contribution in [-0.2, 0) is 21.2 Å². The number of anilines is 1. The van der Waals surface area contributed by atoms with Gasteiger partial charge in [0.2, 0.25) is 0 Å². The Morgan fingerprint density at radius 1 is 1.17 bits per heavy atom. The molecule has 1 aromatic carbocycles. The zero-order chi connectivity index (χ0) is 21.5. The lowest BCUT2D eigenvalue weighted by Crippen LogP contribution is -2.49. The first-order valence-electron chi connectivity index (χ1n) is 9.24. The number of alkyl halides is 3. The van der Waals surface area contributed by atoms with Crippen LogP contribution in [-0.4, -0.2) is 41.4 Å². The molecule has 0 unspecified atom stereocenters. The molecule has 1 spiro atoms. The molecule has 2 amide bonds. The number of hydrogen-bond acceptors (Lipinski definition) is 4. The van der Waals surface area contributed by atoms with Gasteiger partial charge in [-0.1, -0.05) is 17.7 Å². The number of nitrogens with zero attached hydrogens (tertiary/aromatic N) is 2. The first-order valence-corrected chi connectivity index (χ1v) is 9.62. The van der Waals surface area contributed by atoms with E-state index in [0.29, 0.717) is 31.0 Å². The van der Waals surface area contributed by atoms with Gasteiger partial charge in [-0.15, -0.1) is 0 Å². The number of rotatable bonds is 1. The quantitative estimate of drug-likeness (QED) is 0.689. The Labute approximate surface area is 175 Å². The van der Waals surface area contributed by atoms with Gasteiger partial charge >= 0.3 is 18.0 Å². The molecular weight excluding hydrogens is 423 g/mol. The first-order chi connectivity index (χ1) is 14.2. The molecule has 0 radical (unpaired) electrons. The molecule has 158 valence electrons. The highest BCUT2D eigenvalue weighted by Crippen LogP contribution is 2.47. The summed E-state index contributed by atoms with van der Waals surface area (Å²) >= 11 is 5.74. The summed E-state index contributed by atoms with van der Waals surface area (Å²) in [4.78, 5) is 30.1. The molecule has 10 heteroatoms. The lowest BCUT2D eigenvalue weighted by Gasteiger charge is -2.38. The van der Waals surface area contributed by atoms with E-state index in [-0.39, 0.29) is 18.2 Å². The Morgan fingerprint density at radius 2 is 1.90 bits per heavy atom. The standard InChI is InChI=1S/C20H17ClF3N3O3/c21-13-2-4-16(25-10-13)26-17(28)18(29)27-7-5-19(6-8-27)11-30-15-9-12(20(22,23)24)1-3-14(15)19/h1-4,9-10H,5-8,11H2,(H,25,26,28). The van der Waals surface area contributed by atoms with Crippen LogP contribution in [0, 0.1) is 0 Å². The highest BCUT2D eigenvalue weighted by atomic mass is 35.5. The molecule has 1 saturated heterocycles. The van der Waals surface area contributed by atoms with Crippen molar-refractivity contribution in [2.45, 2.75) is 24.4 Å². The maximum absolute atomic E-state index is 12.9. The van der Waals surface area contributed by atoms with Crippen molar-refractivity contribution in [2.24, 2.45) is 0 Å². The Hall–Kier alpha value is -2.81. The van der Waals surface area contributed by atoms with E-state index in [1.54, 1.807) is 6.07 Å². The van der Waals surface area contributed by atoms with Crippen molar-refractivity contribution in [1.82, 2.24) is 9.88 Å². The van der Waals surface area contributed by atoms with Crippen LogP contribution >= 0.6 is 11.6 Å². The van der Waals surface area contributed by atoms with Gasteiger partial charge in [-0.25, -0.2) is 4.98 Å². The number of aromatic nitrogens is 1. The summed E-state index contributed by atoms with van der Waals surface area (Å²) in [5.74, 6) is -1.05. The number of halogens is 4. The minimum Gasteiger partial charge on any atom is -0.492 e. The molecule has 30 heavy (non-hydrogen) atoms. The van der Waals surface area contributed by atoms with E-state index in [1.165, 1.54) is 23.2 Å². The first kappa shape index (κ1) is 20.5. The van der Waals surface area contributed by atoms with Gasteiger partial charge in [-0.05, 0) is 37.1 Å².